The summed E-state index contributed by atoms with van der Waals surface area (Å²) in [6.07, 6.45) is 5.28. The van der Waals surface area contributed by atoms with Crippen molar-refractivity contribution in [2.24, 2.45) is 5.92 Å². The molecule has 2 rings (SSSR count). The van der Waals surface area contributed by atoms with Crippen LogP contribution in [0.4, 0.5) is 5.82 Å². The zero-order valence-corrected chi connectivity index (χ0v) is 12.3. The minimum absolute atomic E-state index is 0.308. The lowest BCUT2D eigenvalue weighted by Gasteiger charge is -2.32. The standard InChI is InChI=1S/C15H23N3O2/c1-16-7-3-12-5-9-18(10-6-12)14-11-13(4-8-17-14)15(19)20-2/h4,8,11-12,16H,3,5-7,9-10H2,1-2H3. The molecule has 2 heterocycles. The number of aromatic nitrogens is 1. The van der Waals surface area contributed by atoms with E-state index in [-0.39, 0.29) is 5.97 Å². The van der Waals surface area contributed by atoms with E-state index in [9.17, 15) is 4.79 Å². The van der Waals surface area contributed by atoms with Crippen LogP contribution in [0.2, 0.25) is 0 Å². The van der Waals surface area contributed by atoms with Crippen LogP contribution in [0, 0.1) is 5.92 Å². The lowest BCUT2D eigenvalue weighted by molar-refractivity contribution is 0.0600. The second-order valence-electron chi connectivity index (χ2n) is 5.22. The highest BCUT2D eigenvalue weighted by Gasteiger charge is 2.20. The molecule has 0 bridgehead atoms. The Labute approximate surface area is 120 Å². The molecule has 0 radical (unpaired) electrons. The van der Waals surface area contributed by atoms with Gasteiger partial charge in [0.25, 0.3) is 0 Å². The summed E-state index contributed by atoms with van der Waals surface area (Å²) in [5.41, 5.74) is 0.565. The van der Waals surface area contributed by atoms with Crippen LogP contribution in [0.25, 0.3) is 0 Å². The first kappa shape index (κ1) is 14.8. The summed E-state index contributed by atoms with van der Waals surface area (Å²) in [6.45, 7) is 3.10. The van der Waals surface area contributed by atoms with E-state index in [0.29, 0.717) is 5.56 Å². The van der Waals surface area contributed by atoms with Crippen LogP contribution < -0.4 is 10.2 Å². The Morgan fingerprint density at radius 3 is 2.90 bits per heavy atom. The molecule has 1 aliphatic rings. The lowest BCUT2D eigenvalue weighted by atomic mass is 9.93. The summed E-state index contributed by atoms with van der Waals surface area (Å²) < 4.78 is 4.75. The minimum atomic E-state index is -0.308. The van der Waals surface area contributed by atoms with Gasteiger partial charge in [-0.2, -0.15) is 0 Å². The summed E-state index contributed by atoms with van der Waals surface area (Å²) in [7, 11) is 3.40. The van der Waals surface area contributed by atoms with Crippen molar-refractivity contribution in [3.05, 3.63) is 23.9 Å². The molecule has 5 nitrogen and oxygen atoms in total. The monoisotopic (exact) mass is 277 g/mol. The average Bonchev–Trinajstić information content (AvgIpc) is 2.52. The smallest absolute Gasteiger partial charge is 0.338 e. The summed E-state index contributed by atoms with van der Waals surface area (Å²) in [5, 5.41) is 3.21. The number of carbonyl (C=O) groups is 1. The molecule has 1 aliphatic heterocycles. The van der Waals surface area contributed by atoms with Crippen LogP contribution in [0.3, 0.4) is 0 Å². The summed E-state index contributed by atoms with van der Waals surface area (Å²) >= 11 is 0. The Morgan fingerprint density at radius 1 is 1.50 bits per heavy atom. The fraction of sp³-hybridized carbons (Fsp3) is 0.600. The van der Waals surface area contributed by atoms with E-state index in [4.69, 9.17) is 4.74 Å². The number of hydrogen-bond acceptors (Lipinski definition) is 5. The van der Waals surface area contributed by atoms with Gasteiger partial charge in [0.15, 0.2) is 0 Å². The third-order valence-corrected chi connectivity index (χ3v) is 3.91. The number of ether oxygens (including phenoxy) is 1. The normalized spacial score (nSPS) is 16.2. The highest BCUT2D eigenvalue weighted by Crippen LogP contribution is 2.24. The van der Waals surface area contributed by atoms with Crippen molar-refractivity contribution in [2.45, 2.75) is 19.3 Å². The molecule has 1 saturated heterocycles. The first-order valence-corrected chi connectivity index (χ1v) is 7.18. The number of nitrogens with one attached hydrogen (secondary N) is 1. The molecule has 0 aliphatic carbocycles. The van der Waals surface area contributed by atoms with Gasteiger partial charge in [-0.3, -0.25) is 0 Å². The molecule has 1 fully saturated rings. The van der Waals surface area contributed by atoms with E-state index >= 15 is 0 Å². The molecule has 0 saturated carbocycles. The molecule has 1 aromatic rings. The molecule has 5 heteroatoms. The van der Waals surface area contributed by atoms with Gasteiger partial charge in [-0.1, -0.05) is 0 Å². The maximum Gasteiger partial charge on any atom is 0.338 e. The molecule has 0 amide bonds. The minimum Gasteiger partial charge on any atom is -0.465 e. The quantitative estimate of drug-likeness (QED) is 0.830. The fourth-order valence-electron chi connectivity index (χ4n) is 2.64. The van der Waals surface area contributed by atoms with Crippen LogP contribution in [-0.4, -0.2) is 44.7 Å². The van der Waals surface area contributed by atoms with Crippen LogP contribution in [0.5, 0.6) is 0 Å². The van der Waals surface area contributed by atoms with E-state index in [2.05, 4.69) is 15.2 Å². The van der Waals surface area contributed by atoms with Crippen LogP contribution in [-0.2, 0) is 4.74 Å². The maximum absolute atomic E-state index is 11.5. The number of pyridine rings is 1. The fourth-order valence-corrected chi connectivity index (χ4v) is 2.64. The topological polar surface area (TPSA) is 54.5 Å². The largest absolute Gasteiger partial charge is 0.465 e. The van der Waals surface area contributed by atoms with Crippen LogP contribution in [0.15, 0.2) is 18.3 Å². The number of esters is 1. The number of piperidine rings is 1. The Balaban J connectivity index is 1.95. The van der Waals surface area contributed by atoms with E-state index in [1.807, 2.05) is 13.1 Å². The summed E-state index contributed by atoms with van der Waals surface area (Å²) in [6, 6.07) is 3.51. The second kappa shape index (κ2) is 7.24. The Bertz CT molecular complexity index is 442. The highest BCUT2D eigenvalue weighted by molar-refractivity contribution is 5.90. The van der Waals surface area contributed by atoms with Gasteiger partial charge < -0.3 is 15.0 Å². The Morgan fingerprint density at radius 2 is 2.25 bits per heavy atom. The Hall–Kier alpha value is -1.62. The summed E-state index contributed by atoms with van der Waals surface area (Å²) in [5.74, 6) is 1.36. The first-order chi connectivity index (χ1) is 9.74. The molecular formula is C15H23N3O2. The van der Waals surface area contributed by atoms with Gasteiger partial charge in [-0.25, -0.2) is 9.78 Å². The van der Waals surface area contributed by atoms with Gasteiger partial charge in [0.05, 0.1) is 12.7 Å². The van der Waals surface area contributed by atoms with Crippen molar-refractivity contribution < 1.29 is 9.53 Å². The maximum atomic E-state index is 11.5. The number of hydrogen-bond donors (Lipinski definition) is 1. The van der Waals surface area contributed by atoms with Gasteiger partial charge in [0.1, 0.15) is 5.82 Å². The van der Waals surface area contributed by atoms with Crippen molar-refractivity contribution in [2.75, 3.05) is 38.7 Å². The second-order valence-corrected chi connectivity index (χ2v) is 5.22. The van der Waals surface area contributed by atoms with E-state index in [0.717, 1.165) is 31.4 Å². The van der Waals surface area contributed by atoms with E-state index < -0.39 is 0 Å². The zero-order valence-electron chi connectivity index (χ0n) is 12.3. The van der Waals surface area contributed by atoms with Gasteiger partial charge in [0.2, 0.25) is 0 Å². The average molecular weight is 277 g/mol. The number of nitrogens with zero attached hydrogens (tertiary/aromatic N) is 2. The van der Waals surface area contributed by atoms with Crippen molar-refractivity contribution in [1.82, 2.24) is 10.3 Å². The van der Waals surface area contributed by atoms with Crippen LogP contribution >= 0.6 is 0 Å². The molecule has 1 N–H and O–H groups in total. The molecule has 0 spiro atoms. The molecule has 20 heavy (non-hydrogen) atoms. The number of methoxy groups -OCH3 is 1. The molecular weight excluding hydrogens is 254 g/mol. The molecule has 0 atom stereocenters. The molecule has 0 aromatic carbocycles. The van der Waals surface area contributed by atoms with Gasteiger partial charge in [0, 0.05) is 19.3 Å². The highest BCUT2D eigenvalue weighted by atomic mass is 16.5. The zero-order chi connectivity index (χ0) is 14.4. The first-order valence-electron chi connectivity index (χ1n) is 7.18. The number of carbonyl (C=O) groups excluding carboxylic acids is 1. The van der Waals surface area contributed by atoms with Crippen molar-refractivity contribution in [3.63, 3.8) is 0 Å². The molecule has 0 unspecified atom stereocenters. The van der Waals surface area contributed by atoms with Crippen molar-refractivity contribution in [1.29, 1.82) is 0 Å². The van der Waals surface area contributed by atoms with Crippen LogP contribution in [0.1, 0.15) is 29.6 Å². The van der Waals surface area contributed by atoms with E-state index in [1.54, 1.807) is 12.3 Å². The number of anilines is 1. The van der Waals surface area contributed by atoms with Crippen molar-refractivity contribution in [3.8, 4) is 0 Å². The predicted molar refractivity (Wildman–Crippen MR) is 79.1 cm³/mol. The van der Waals surface area contributed by atoms with Gasteiger partial charge in [-0.15, -0.1) is 0 Å². The lowest BCUT2D eigenvalue weighted by Crippen LogP contribution is -2.35. The third kappa shape index (κ3) is 3.70. The van der Waals surface area contributed by atoms with Gasteiger partial charge >= 0.3 is 5.97 Å². The predicted octanol–water partition coefficient (Wildman–Crippen LogP) is 1.69. The van der Waals surface area contributed by atoms with Crippen molar-refractivity contribution >= 4 is 11.8 Å². The SMILES string of the molecule is CNCCC1CCN(c2cc(C(=O)OC)ccn2)CC1. The van der Waals surface area contributed by atoms with Gasteiger partial charge in [-0.05, 0) is 50.9 Å². The van der Waals surface area contributed by atoms with E-state index in [1.165, 1.54) is 26.4 Å². The Kier molecular flexibility index (Phi) is 5.35. The number of rotatable bonds is 5. The molecule has 110 valence electrons. The third-order valence-electron chi connectivity index (χ3n) is 3.91. The molecule has 1 aromatic heterocycles. The summed E-state index contributed by atoms with van der Waals surface area (Å²) in [4.78, 5) is 18.2.